The average molecular weight is 283 g/mol. The molecule has 0 radical (unpaired) electrons. The molecule has 0 bridgehead atoms. The van der Waals surface area contributed by atoms with Crippen LogP contribution in [0.5, 0.6) is 0 Å². The highest BCUT2D eigenvalue weighted by atomic mass is 16.4. The molecule has 0 atom stereocenters. The molecule has 0 aliphatic rings. The largest absolute Gasteiger partial charge is 0.481 e. The van der Waals surface area contributed by atoms with Crippen LogP contribution in [0.15, 0.2) is 60.7 Å². The van der Waals surface area contributed by atoms with Crippen LogP contribution in [-0.4, -0.2) is 29.1 Å². The Labute approximate surface area is 125 Å². The smallest absolute Gasteiger partial charge is 0.304 e. The number of hydrogen-bond donors (Lipinski definition) is 1. The van der Waals surface area contributed by atoms with Gasteiger partial charge in [-0.3, -0.25) is 9.69 Å². The minimum atomic E-state index is -0.756. The maximum Gasteiger partial charge on any atom is 0.304 e. The van der Waals surface area contributed by atoms with Crippen LogP contribution < -0.4 is 0 Å². The van der Waals surface area contributed by atoms with Crippen LogP contribution in [0.1, 0.15) is 30.5 Å². The number of aliphatic carboxylic acids is 1. The van der Waals surface area contributed by atoms with Gasteiger partial charge in [0.05, 0.1) is 12.5 Å². The Morgan fingerprint density at radius 2 is 1.48 bits per heavy atom. The molecule has 0 fully saturated rings. The molecule has 110 valence electrons. The van der Waals surface area contributed by atoms with Crippen LogP contribution >= 0.6 is 0 Å². The zero-order valence-electron chi connectivity index (χ0n) is 12.3. The summed E-state index contributed by atoms with van der Waals surface area (Å²) < 4.78 is 0. The number of carboxylic acid groups (broad SMARTS) is 1. The van der Waals surface area contributed by atoms with E-state index in [0.717, 1.165) is 6.54 Å². The Morgan fingerprint density at radius 3 is 1.86 bits per heavy atom. The molecule has 2 aromatic rings. The van der Waals surface area contributed by atoms with Crippen LogP contribution in [-0.2, 0) is 4.79 Å². The van der Waals surface area contributed by atoms with Crippen molar-refractivity contribution in [3.8, 4) is 0 Å². The lowest BCUT2D eigenvalue weighted by Gasteiger charge is -2.31. The minimum absolute atomic E-state index is 0.0942. The normalized spacial score (nSPS) is 11.0. The highest BCUT2D eigenvalue weighted by Crippen LogP contribution is 2.28. The summed E-state index contributed by atoms with van der Waals surface area (Å²) in [4.78, 5) is 13.1. The summed E-state index contributed by atoms with van der Waals surface area (Å²) in [5.74, 6) is -0.756. The predicted molar refractivity (Wildman–Crippen MR) is 84.2 cm³/mol. The second-order valence-electron chi connectivity index (χ2n) is 5.00. The van der Waals surface area contributed by atoms with Crippen LogP contribution in [0.25, 0.3) is 0 Å². The third-order valence-electron chi connectivity index (χ3n) is 3.61. The Balaban J connectivity index is 2.33. The fraction of sp³-hybridized carbons (Fsp3) is 0.278. The molecule has 0 aliphatic carbocycles. The van der Waals surface area contributed by atoms with Gasteiger partial charge in [-0.15, -0.1) is 0 Å². The van der Waals surface area contributed by atoms with Crippen LogP contribution in [0, 0.1) is 0 Å². The standard InChI is InChI=1S/C18H21NO2/c1-2-19(14-13-17(20)21)18(15-9-5-3-6-10-15)16-11-7-4-8-12-16/h3-12,18H,2,13-14H2,1H3,(H,20,21). The van der Waals surface area contributed by atoms with Gasteiger partial charge in [0.25, 0.3) is 0 Å². The van der Waals surface area contributed by atoms with Gasteiger partial charge in [0.2, 0.25) is 0 Å². The van der Waals surface area contributed by atoms with Crippen molar-refractivity contribution in [2.24, 2.45) is 0 Å². The van der Waals surface area contributed by atoms with Gasteiger partial charge in [0.15, 0.2) is 0 Å². The van der Waals surface area contributed by atoms with E-state index in [1.165, 1.54) is 11.1 Å². The molecule has 0 saturated carbocycles. The molecule has 0 saturated heterocycles. The van der Waals surface area contributed by atoms with Crippen molar-refractivity contribution in [2.75, 3.05) is 13.1 Å². The molecule has 0 aliphatic heterocycles. The summed E-state index contributed by atoms with van der Waals surface area (Å²) in [5, 5.41) is 8.95. The second-order valence-corrected chi connectivity index (χ2v) is 5.00. The number of carboxylic acids is 1. The van der Waals surface area contributed by atoms with E-state index < -0.39 is 5.97 Å². The second kappa shape index (κ2) is 7.60. The van der Waals surface area contributed by atoms with E-state index >= 15 is 0 Å². The molecule has 2 aromatic carbocycles. The Kier molecular flexibility index (Phi) is 5.52. The zero-order valence-corrected chi connectivity index (χ0v) is 12.3. The van der Waals surface area contributed by atoms with Crippen molar-refractivity contribution in [2.45, 2.75) is 19.4 Å². The quantitative estimate of drug-likeness (QED) is 0.844. The zero-order chi connectivity index (χ0) is 15.1. The third kappa shape index (κ3) is 4.17. The molecule has 3 heteroatoms. The average Bonchev–Trinajstić information content (AvgIpc) is 2.53. The SMILES string of the molecule is CCN(CCC(=O)O)C(c1ccccc1)c1ccccc1. The summed E-state index contributed by atoms with van der Waals surface area (Å²) in [6.07, 6.45) is 0.157. The van der Waals surface area contributed by atoms with E-state index in [-0.39, 0.29) is 12.5 Å². The minimum Gasteiger partial charge on any atom is -0.481 e. The lowest BCUT2D eigenvalue weighted by atomic mass is 9.97. The monoisotopic (exact) mass is 283 g/mol. The molecule has 3 nitrogen and oxygen atoms in total. The van der Waals surface area contributed by atoms with Gasteiger partial charge in [0, 0.05) is 6.54 Å². The molecule has 21 heavy (non-hydrogen) atoms. The van der Waals surface area contributed by atoms with Crippen molar-refractivity contribution in [1.82, 2.24) is 4.90 Å². The van der Waals surface area contributed by atoms with Crippen molar-refractivity contribution in [3.05, 3.63) is 71.8 Å². The molecule has 0 heterocycles. The summed E-state index contributed by atoms with van der Waals surface area (Å²) in [5.41, 5.74) is 2.38. The Hall–Kier alpha value is -2.13. The van der Waals surface area contributed by atoms with E-state index in [2.05, 4.69) is 36.1 Å². The van der Waals surface area contributed by atoms with E-state index in [1.807, 2.05) is 36.4 Å². The first-order valence-electron chi connectivity index (χ1n) is 7.28. The van der Waals surface area contributed by atoms with Crippen molar-refractivity contribution >= 4 is 5.97 Å². The molecule has 1 N–H and O–H groups in total. The fourth-order valence-corrected chi connectivity index (χ4v) is 2.59. The predicted octanol–water partition coefficient (Wildman–Crippen LogP) is 3.57. The topological polar surface area (TPSA) is 40.5 Å². The maximum absolute atomic E-state index is 10.9. The number of carbonyl (C=O) groups is 1. The van der Waals surface area contributed by atoms with Crippen LogP contribution in [0.4, 0.5) is 0 Å². The van der Waals surface area contributed by atoms with Gasteiger partial charge >= 0.3 is 5.97 Å². The highest BCUT2D eigenvalue weighted by Gasteiger charge is 2.21. The number of rotatable bonds is 7. The van der Waals surface area contributed by atoms with Crippen molar-refractivity contribution < 1.29 is 9.90 Å². The maximum atomic E-state index is 10.9. The first-order valence-corrected chi connectivity index (χ1v) is 7.28. The highest BCUT2D eigenvalue weighted by molar-refractivity contribution is 5.66. The number of nitrogens with zero attached hydrogens (tertiary/aromatic N) is 1. The van der Waals surface area contributed by atoms with Gasteiger partial charge in [-0.05, 0) is 17.7 Å². The van der Waals surface area contributed by atoms with Gasteiger partial charge in [-0.2, -0.15) is 0 Å². The molecule has 0 unspecified atom stereocenters. The molecular formula is C18H21NO2. The summed E-state index contributed by atoms with van der Waals surface area (Å²) in [7, 11) is 0. The molecule has 0 spiro atoms. The Bertz CT molecular complexity index is 514. The van der Waals surface area contributed by atoms with E-state index in [4.69, 9.17) is 5.11 Å². The number of hydrogen-bond acceptors (Lipinski definition) is 2. The summed E-state index contributed by atoms with van der Waals surface area (Å²) in [6, 6.07) is 20.6. The first-order chi connectivity index (χ1) is 10.2. The molecule has 0 aromatic heterocycles. The lowest BCUT2D eigenvalue weighted by Crippen LogP contribution is -2.31. The van der Waals surface area contributed by atoms with E-state index in [9.17, 15) is 4.79 Å². The van der Waals surface area contributed by atoms with E-state index in [1.54, 1.807) is 0 Å². The first kappa shape index (κ1) is 15.3. The van der Waals surface area contributed by atoms with Crippen LogP contribution in [0.2, 0.25) is 0 Å². The van der Waals surface area contributed by atoms with Crippen molar-refractivity contribution in [1.29, 1.82) is 0 Å². The van der Waals surface area contributed by atoms with Gasteiger partial charge in [-0.1, -0.05) is 67.6 Å². The molecule has 0 amide bonds. The summed E-state index contributed by atoms with van der Waals surface area (Å²) in [6.45, 7) is 3.42. The van der Waals surface area contributed by atoms with Gasteiger partial charge in [-0.25, -0.2) is 0 Å². The lowest BCUT2D eigenvalue weighted by molar-refractivity contribution is -0.137. The molecular weight excluding hydrogens is 262 g/mol. The number of benzene rings is 2. The van der Waals surface area contributed by atoms with Gasteiger partial charge in [0.1, 0.15) is 0 Å². The van der Waals surface area contributed by atoms with Crippen molar-refractivity contribution in [3.63, 3.8) is 0 Å². The summed E-state index contributed by atoms with van der Waals surface area (Å²) >= 11 is 0. The Morgan fingerprint density at radius 1 is 1.00 bits per heavy atom. The van der Waals surface area contributed by atoms with E-state index in [0.29, 0.717) is 6.54 Å². The fourth-order valence-electron chi connectivity index (χ4n) is 2.59. The van der Waals surface area contributed by atoms with Gasteiger partial charge < -0.3 is 5.11 Å². The third-order valence-corrected chi connectivity index (χ3v) is 3.61. The molecule has 2 rings (SSSR count). The van der Waals surface area contributed by atoms with Crippen LogP contribution in [0.3, 0.4) is 0 Å².